The van der Waals surface area contributed by atoms with E-state index in [9.17, 15) is 13.2 Å². The largest absolute Gasteiger partial charge is 0.494 e. The molecule has 0 aliphatic carbocycles. The maximum Gasteiger partial charge on any atom is 0.271 e. The molecule has 0 aromatic heterocycles. The Morgan fingerprint density at radius 1 is 0.909 bits per heavy atom. The Morgan fingerprint density at radius 3 is 2.12 bits per heavy atom. The number of benzene rings is 3. The molecular formula is C27H29NO4S. The topological polar surface area (TPSA) is 63.7 Å². The number of aryl methyl sites for hydroxylation is 2. The van der Waals surface area contributed by atoms with Crippen LogP contribution in [0.1, 0.15) is 37.0 Å². The van der Waals surface area contributed by atoms with Crippen molar-refractivity contribution in [2.24, 2.45) is 0 Å². The number of ether oxygens (including phenoxy) is 1. The molecule has 0 spiro atoms. The summed E-state index contributed by atoms with van der Waals surface area (Å²) in [4.78, 5) is 13.3. The van der Waals surface area contributed by atoms with E-state index in [1.165, 1.54) is 18.2 Å². The number of hydrogen-bond acceptors (Lipinski definition) is 4. The summed E-state index contributed by atoms with van der Waals surface area (Å²) in [5, 5.41) is 0. The second-order valence-electron chi connectivity index (χ2n) is 7.69. The van der Waals surface area contributed by atoms with E-state index >= 15 is 0 Å². The maximum absolute atomic E-state index is 13.5. The Labute approximate surface area is 196 Å². The Balaban J connectivity index is 1.93. The van der Waals surface area contributed by atoms with Gasteiger partial charge in [-0.05, 0) is 73.4 Å². The van der Waals surface area contributed by atoms with Crippen LogP contribution in [0, 0.1) is 6.92 Å². The van der Waals surface area contributed by atoms with Crippen molar-refractivity contribution >= 4 is 27.7 Å². The van der Waals surface area contributed by atoms with Crippen LogP contribution < -0.4 is 9.04 Å². The fourth-order valence-corrected chi connectivity index (χ4v) is 4.59. The van der Waals surface area contributed by atoms with Crippen molar-refractivity contribution in [2.45, 2.75) is 38.5 Å². The standard InChI is InChI=1S/C27H29NO4S/c1-4-20-32-25-15-10-23(11-16-25)12-19-27(29)28(24-13-8-22(5-2)9-14-24)33(30,31)26-17-6-21(3)7-18-26/h6-19H,4-5,20H2,1-3H3/b19-12+. The van der Waals surface area contributed by atoms with E-state index in [1.807, 2.05) is 57.2 Å². The molecular weight excluding hydrogens is 434 g/mol. The minimum absolute atomic E-state index is 0.0619. The van der Waals surface area contributed by atoms with E-state index in [2.05, 4.69) is 0 Å². The van der Waals surface area contributed by atoms with Gasteiger partial charge in [0.15, 0.2) is 0 Å². The zero-order chi connectivity index (χ0) is 23.8. The lowest BCUT2D eigenvalue weighted by atomic mass is 10.1. The van der Waals surface area contributed by atoms with E-state index in [1.54, 1.807) is 30.3 Å². The first-order chi connectivity index (χ1) is 15.8. The quantitative estimate of drug-likeness (QED) is 0.377. The van der Waals surface area contributed by atoms with Crippen LogP contribution in [0.25, 0.3) is 6.08 Å². The molecule has 0 aliphatic rings. The minimum Gasteiger partial charge on any atom is -0.494 e. The number of sulfonamides is 1. The number of carbonyl (C=O) groups excluding carboxylic acids is 1. The van der Waals surface area contributed by atoms with Crippen molar-refractivity contribution < 1.29 is 17.9 Å². The van der Waals surface area contributed by atoms with Crippen LogP contribution in [-0.4, -0.2) is 20.9 Å². The van der Waals surface area contributed by atoms with Crippen molar-refractivity contribution in [3.05, 3.63) is 95.6 Å². The number of hydrogen-bond donors (Lipinski definition) is 0. The van der Waals surface area contributed by atoms with Gasteiger partial charge in [-0.3, -0.25) is 4.79 Å². The summed E-state index contributed by atoms with van der Waals surface area (Å²) < 4.78 is 33.3. The molecule has 3 aromatic carbocycles. The first-order valence-corrected chi connectivity index (χ1v) is 12.4. The van der Waals surface area contributed by atoms with Crippen LogP contribution in [0.3, 0.4) is 0 Å². The predicted octanol–water partition coefficient (Wildman–Crippen LogP) is 5.78. The van der Waals surface area contributed by atoms with Crippen LogP contribution >= 0.6 is 0 Å². The van der Waals surface area contributed by atoms with Gasteiger partial charge >= 0.3 is 0 Å². The molecule has 0 saturated heterocycles. The first kappa shape index (κ1) is 24.3. The van der Waals surface area contributed by atoms with Crippen LogP contribution in [-0.2, 0) is 21.2 Å². The monoisotopic (exact) mass is 463 g/mol. The Bertz CT molecular complexity index is 1200. The highest BCUT2D eigenvalue weighted by atomic mass is 32.2. The lowest BCUT2D eigenvalue weighted by Crippen LogP contribution is -2.35. The van der Waals surface area contributed by atoms with E-state index in [0.717, 1.165) is 39.6 Å². The number of anilines is 1. The van der Waals surface area contributed by atoms with Gasteiger partial charge in [-0.2, -0.15) is 4.31 Å². The van der Waals surface area contributed by atoms with Gasteiger partial charge in [0, 0.05) is 6.08 Å². The number of rotatable bonds is 9. The van der Waals surface area contributed by atoms with Crippen LogP contribution in [0.2, 0.25) is 0 Å². The molecule has 0 radical (unpaired) electrons. The molecule has 0 aliphatic heterocycles. The van der Waals surface area contributed by atoms with Gasteiger partial charge in [-0.15, -0.1) is 0 Å². The molecule has 33 heavy (non-hydrogen) atoms. The molecule has 3 aromatic rings. The fourth-order valence-electron chi connectivity index (χ4n) is 3.20. The number of carbonyl (C=O) groups is 1. The summed E-state index contributed by atoms with van der Waals surface area (Å²) in [7, 11) is -4.10. The average Bonchev–Trinajstić information content (AvgIpc) is 2.83. The summed E-state index contributed by atoms with van der Waals surface area (Å²) >= 11 is 0. The Hall–Kier alpha value is -3.38. The molecule has 0 bridgehead atoms. The zero-order valence-electron chi connectivity index (χ0n) is 19.2. The van der Waals surface area contributed by atoms with Gasteiger partial charge in [0.2, 0.25) is 0 Å². The van der Waals surface area contributed by atoms with Crippen molar-refractivity contribution in [3.8, 4) is 5.75 Å². The van der Waals surface area contributed by atoms with Gasteiger partial charge in [-0.1, -0.05) is 55.8 Å². The third-order valence-corrected chi connectivity index (χ3v) is 6.85. The smallest absolute Gasteiger partial charge is 0.271 e. The van der Waals surface area contributed by atoms with Crippen molar-refractivity contribution in [1.29, 1.82) is 0 Å². The Kier molecular flexibility index (Phi) is 8.06. The van der Waals surface area contributed by atoms with Gasteiger partial charge < -0.3 is 4.74 Å². The van der Waals surface area contributed by atoms with Crippen molar-refractivity contribution in [3.63, 3.8) is 0 Å². The zero-order valence-corrected chi connectivity index (χ0v) is 20.0. The molecule has 6 heteroatoms. The van der Waals surface area contributed by atoms with Gasteiger partial charge in [-0.25, -0.2) is 8.42 Å². The van der Waals surface area contributed by atoms with Gasteiger partial charge in [0.25, 0.3) is 15.9 Å². The number of amides is 1. The normalized spacial score (nSPS) is 11.5. The van der Waals surface area contributed by atoms with Crippen LogP contribution in [0.4, 0.5) is 5.69 Å². The molecule has 3 rings (SSSR count). The second kappa shape index (κ2) is 11.0. The van der Waals surface area contributed by atoms with Gasteiger partial charge in [0.1, 0.15) is 5.75 Å². The molecule has 0 N–H and O–H groups in total. The third-order valence-electron chi connectivity index (χ3n) is 5.11. The van der Waals surface area contributed by atoms with Gasteiger partial charge in [0.05, 0.1) is 17.2 Å². The summed E-state index contributed by atoms with van der Waals surface area (Å²) in [5.41, 5.74) is 3.05. The Morgan fingerprint density at radius 2 is 1.55 bits per heavy atom. The minimum atomic E-state index is -4.10. The lowest BCUT2D eigenvalue weighted by molar-refractivity contribution is -0.113. The highest BCUT2D eigenvalue weighted by Gasteiger charge is 2.29. The maximum atomic E-state index is 13.5. The molecule has 5 nitrogen and oxygen atoms in total. The summed E-state index contributed by atoms with van der Waals surface area (Å²) in [6.07, 6.45) is 4.61. The van der Waals surface area contributed by atoms with E-state index in [4.69, 9.17) is 4.74 Å². The van der Waals surface area contributed by atoms with Crippen molar-refractivity contribution in [1.82, 2.24) is 0 Å². The summed E-state index contributed by atoms with van der Waals surface area (Å²) in [6, 6.07) is 20.8. The summed E-state index contributed by atoms with van der Waals surface area (Å²) in [5.74, 6) is 0.103. The van der Waals surface area contributed by atoms with E-state index in [-0.39, 0.29) is 4.90 Å². The predicted molar refractivity (Wildman–Crippen MR) is 133 cm³/mol. The second-order valence-corrected chi connectivity index (χ2v) is 9.48. The summed E-state index contributed by atoms with van der Waals surface area (Å²) in [6.45, 7) is 6.57. The molecule has 1 amide bonds. The third kappa shape index (κ3) is 6.11. The molecule has 0 heterocycles. The van der Waals surface area contributed by atoms with Crippen LogP contribution in [0.5, 0.6) is 5.75 Å². The molecule has 172 valence electrons. The van der Waals surface area contributed by atoms with E-state index in [0.29, 0.717) is 12.3 Å². The number of nitrogens with zero attached hydrogens (tertiary/aromatic N) is 1. The molecule has 0 saturated carbocycles. The molecule has 0 unspecified atom stereocenters. The fraction of sp³-hybridized carbons (Fsp3) is 0.222. The molecule has 0 atom stereocenters. The van der Waals surface area contributed by atoms with Crippen LogP contribution in [0.15, 0.2) is 83.8 Å². The highest BCUT2D eigenvalue weighted by Crippen LogP contribution is 2.25. The lowest BCUT2D eigenvalue weighted by Gasteiger charge is -2.22. The average molecular weight is 464 g/mol. The molecule has 0 fully saturated rings. The van der Waals surface area contributed by atoms with E-state index < -0.39 is 15.9 Å². The highest BCUT2D eigenvalue weighted by molar-refractivity contribution is 7.93. The SMILES string of the molecule is CCCOc1ccc(/C=C/C(=O)N(c2ccc(CC)cc2)S(=O)(=O)c2ccc(C)cc2)cc1. The first-order valence-electron chi connectivity index (χ1n) is 11.0. The van der Waals surface area contributed by atoms with Crippen molar-refractivity contribution in [2.75, 3.05) is 10.9 Å².